The van der Waals surface area contributed by atoms with Crippen LogP contribution in [-0.2, 0) is 6.42 Å². The zero-order valence-corrected chi connectivity index (χ0v) is 11.0. The first-order valence-electron chi connectivity index (χ1n) is 6.11. The highest BCUT2D eigenvalue weighted by Gasteiger charge is 2.21. The molecule has 4 nitrogen and oxygen atoms in total. The van der Waals surface area contributed by atoms with Gasteiger partial charge in [0.2, 0.25) is 0 Å². The standard InChI is InChI=1S/C13H14F3N3O/c1-7(2)19-11(17-6-18-19)5-10(20)8-3-4-9(14)13(16)12(8)15/h3-4,6-7,10,20H,5H2,1-2H3. The Kier molecular flexibility index (Phi) is 4.08. The maximum atomic E-state index is 13.6. The molecule has 1 N–H and O–H groups in total. The van der Waals surface area contributed by atoms with Crippen molar-refractivity contribution in [1.82, 2.24) is 14.8 Å². The van der Waals surface area contributed by atoms with Gasteiger partial charge in [0.1, 0.15) is 12.2 Å². The molecule has 7 heteroatoms. The molecular weight excluding hydrogens is 271 g/mol. The first-order valence-corrected chi connectivity index (χ1v) is 6.11. The number of rotatable bonds is 4. The Balaban J connectivity index is 2.26. The number of aliphatic hydroxyl groups is 1. The van der Waals surface area contributed by atoms with Crippen molar-refractivity contribution in [3.8, 4) is 0 Å². The second-order valence-corrected chi connectivity index (χ2v) is 4.70. The van der Waals surface area contributed by atoms with E-state index in [1.807, 2.05) is 13.8 Å². The van der Waals surface area contributed by atoms with E-state index in [1.54, 1.807) is 4.68 Å². The monoisotopic (exact) mass is 285 g/mol. The topological polar surface area (TPSA) is 50.9 Å². The quantitative estimate of drug-likeness (QED) is 0.878. The van der Waals surface area contributed by atoms with Crippen molar-refractivity contribution in [2.45, 2.75) is 32.4 Å². The van der Waals surface area contributed by atoms with E-state index in [9.17, 15) is 18.3 Å². The lowest BCUT2D eigenvalue weighted by Gasteiger charge is -2.14. The predicted octanol–water partition coefficient (Wildman–Crippen LogP) is 2.55. The minimum absolute atomic E-state index is 0.0227. The van der Waals surface area contributed by atoms with E-state index in [0.717, 1.165) is 12.1 Å². The lowest BCUT2D eigenvalue weighted by atomic mass is 10.0. The van der Waals surface area contributed by atoms with Gasteiger partial charge in [-0.05, 0) is 19.9 Å². The largest absolute Gasteiger partial charge is 0.388 e. The Morgan fingerprint density at radius 2 is 1.90 bits per heavy atom. The Morgan fingerprint density at radius 1 is 1.20 bits per heavy atom. The summed E-state index contributed by atoms with van der Waals surface area (Å²) < 4.78 is 41.1. The number of benzene rings is 1. The van der Waals surface area contributed by atoms with E-state index in [0.29, 0.717) is 5.82 Å². The second-order valence-electron chi connectivity index (χ2n) is 4.70. The van der Waals surface area contributed by atoms with Gasteiger partial charge in [0.25, 0.3) is 0 Å². The van der Waals surface area contributed by atoms with Gasteiger partial charge in [-0.1, -0.05) is 6.07 Å². The lowest BCUT2D eigenvalue weighted by molar-refractivity contribution is 0.167. The van der Waals surface area contributed by atoms with E-state index >= 15 is 0 Å². The van der Waals surface area contributed by atoms with Gasteiger partial charge in [0, 0.05) is 18.0 Å². The molecule has 2 aromatic rings. The van der Waals surface area contributed by atoms with Crippen LogP contribution in [0, 0.1) is 17.5 Å². The summed E-state index contributed by atoms with van der Waals surface area (Å²) in [4.78, 5) is 3.97. The summed E-state index contributed by atoms with van der Waals surface area (Å²) in [6.07, 6.45) is -0.0455. The third-order valence-corrected chi connectivity index (χ3v) is 2.94. The van der Waals surface area contributed by atoms with E-state index in [1.165, 1.54) is 6.33 Å². The first-order chi connectivity index (χ1) is 9.41. The van der Waals surface area contributed by atoms with Crippen LogP contribution in [0.5, 0.6) is 0 Å². The van der Waals surface area contributed by atoms with Gasteiger partial charge in [-0.3, -0.25) is 0 Å². The predicted molar refractivity (Wildman–Crippen MR) is 65.4 cm³/mol. The molecule has 0 fully saturated rings. The lowest BCUT2D eigenvalue weighted by Crippen LogP contribution is -2.13. The minimum atomic E-state index is -1.59. The summed E-state index contributed by atoms with van der Waals surface area (Å²) in [6.45, 7) is 3.76. The molecule has 1 unspecified atom stereocenters. The normalized spacial score (nSPS) is 12.9. The molecule has 1 atom stereocenters. The van der Waals surface area contributed by atoms with Crippen LogP contribution in [0.3, 0.4) is 0 Å². The van der Waals surface area contributed by atoms with Crippen LogP contribution in [0.25, 0.3) is 0 Å². The zero-order valence-electron chi connectivity index (χ0n) is 11.0. The van der Waals surface area contributed by atoms with Crippen molar-refractivity contribution in [1.29, 1.82) is 0 Å². The fourth-order valence-corrected chi connectivity index (χ4v) is 1.93. The summed E-state index contributed by atoms with van der Waals surface area (Å²) in [6, 6.07) is 1.83. The highest BCUT2D eigenvalue weighted by Crippen LogP contribution is 2.24. The van der Waals surface area contributed by atoms with Gasteiger partial charge in [0.15, 0.2) is 17.5 Å². The molecule has 0 spiro atoms. The van der Waals surface area contributed by atoms with Crippen molar-refractivity contribution in [2.24, 2.45) is 0 Å². The minimum Gasteiger partial charge on any atom is -0.388 e. The third-order valence-electron chi connectivity index (χ3n) is 2.94. The Hall–Kier alpha value is -1.89. The molecule has 1 aromatic heterocycles. The van der Waals surface area contributed by atoms with E-state index in [4.69, 9.17) is 0 Å². The van der Waals surface area contributed by atoms with E-state index in [-0.39, 0.29) is 18.0 Å². The fourth-order valence-electron chi connectivity index (χ4n) is 1.93. The van der Waals surface area contributed by atoms with Gasteiger partial charge in [-0.15, -0.1) is 0 Å². The van der Waals surface area contributed by atoms with Crippen LogP contribution in [0.4, 0.5) is 13.2 Å². The van der Waals surface area contributed by atoms with Gasteiger partial charge in [0.05, 0.1) is 6.10 Å². The number of aliphatic hydroxyl groups excluding tert-OH is 1. The van der Waals surface area contributed by atoms with Gasteiger partial charge < -0.3 is 5.11 Å². The van der Waals surface area contributed by atoms with Crippen LogP contribution in [-0.4, -0.2) is 19.9 Å². The average Bonchev–Trinajstić information content (AvgIpc) is 2.84. The molecule has 0 aliphatic carbocycles. The van der Waals surface area contributed by atoms with Crippen molar-refractivity contribution < 1.29 is 18.3 Å². The number of halogens is 3. The van der Waals surface area contributed by atoms with Crippen LogP contribution < -0.4 is 0 Å². The molecule has 0 amide bonds. The fraction of sp³-hybridized carbons (Fsp3) is 0.385. The molecule has 0 aliphatic heterocycles. The molecule has 108 valence electrons. The number of hydrogen-bond donors (Lipinski definition) is 1. The number of nitrogens with zero attached hydrogens (tertiary/aromatic N) is 3. The summed E-state index contributed by atoms with van der Waals surface area (Å²) in [5.74, 6) is -3.82. The molecule has 0 saturated carbocycles. The van der Waals surface area contributed by atoms with Gasteiger partial charge >= 0.3 is 0 Å². The third kappa shape index (κ3) is 2.67. The molecule has 0 radical (unpaired) electrons. The van der Waals surface area contributed by atoms with Crippen LogP contribution >= 0.6 is 0 Å². The number of hydrogen-bond acceptors (Lipinski definition) is 3. The summed E-state index contributed by atoms with van der Waals surface area (Å²) in [5, 5.41) is 14.0. The highest BCUT2D eigenvalue weighted by molar-refractivity contribution is 5.23. The van der Waals surface area contributed by atoms with Crippen molar-refractivity contribution >= 4 is 0 Å². The summed E-state index contributed by atoms with van der Waals surface area (Å²) >= 11 is 0. The maximum absolute atomic E-state index is 13.6. The highest BCUT2D eigenvalue weighted by atomic mass is 19.2. The van der Waals surface area contributed by atoms with Crippen molar-refractivity contribution in [3.05, 3.63) is 47.3 Å². The molecule has 2 rings (SSSR count). The molecule has 1 aromatic carbocycles. The molecule has 20 heavy (non-hydrogen) atoms. The van der Waals surface area contributed by atoms with Crippen LogP contribution in [0.2, 0.25) is 0 Å². The molecule has 0 bridgehead atoms. The maximum Gasteiger partial charge on any atom is 0.194 e. The molecule has 0 aliphatic rings. The Labute approximate surface area is 113 Å². The Bertz CT molecular complexity index is 613. The van der Waals surface area contributed by atoms with Crippen LogP contribution in [0.15, 0.2) is 18.5 Å². The Morgan fingerprint density at radius 3 is 2.55 bits per heavy atom. The smallest absolute Gasteiger partial charge is 0.194 e. The summed E-state index contributed by atoms with van der Waals surface area (Å²) in [7, 11) is 0. The second kappa shape index (κ2) is 5.62. The molecule has 0 saturated heterocycles. The van der Waals surface area contributed by atoms with Crippen molar-refractivity contribution in [3.63, 3.8) is 0 Å². The molecule has 1 heterocycles. The average molecular weight is 285 g/mol. The van der Waals surface area contributed by atoms with Crippen LogP contribution in [0.1, 0.15) is 37.4 Å². The van der Waals surface area contributed by atoms with Crippen molar-refractivity contribution in [2.75, 3.05) is 0 Å². The first kappa shape index (κ1) is 14.5. The van der Waals surface area contributed by atoms with E-state index < -0.39 is 23.6 Å². The van der Waals surface area contributed by atoms with Gasteiger partial charge in [-0.2, -0.15) is 5.10 Å². The summed E-state index contributed by atoms with van der Waals surface area (Å²) in [5.41, 5.74) is -0.304. The molecular formula is C13H14F3N3O. The van der Waals surface area contributed by atoms with Gasteiger partial charge in [-0.25, -0.2) is 22.8 Å². The van der Waals surface area contributed by atoms with E-state index in [2.05, 4.69) is 10.1 Å². The zero-order chi connectivity index (χ0) is 14.9. The SMILES string of the molecule is CC(C)n1ncnc1CC(O)c1ccc(F)c(F)c1F. The number of aromatic nitrogens is 3.